The first-order valence-corrected chi connectivity index (χ1v) is 20.1. The molecule has 1 N–H and O–H groups in total. The summed E-state index contributed by atoms with van der Waals surface area (Å²) in [5.74, 6) is 1.96. The standard InChI is InChI=1S/C44H52N6/c45-25-28-12-16-31(17-13-28)32-6-5-7-33(22-32)34-23-43(49-39-10-3-1-8-35(39)36-9-2-4-11-40(36)49)48-44(24-34)50-41-18-14-29(26-46)20-37(41)38-21-30(27-47)15-19-42(38)50/h1,6,8,12,24,29-31,33,36,40,43-44,48H,2-5,7,9-11,13-23H2. The van der Waals surface area contributed by atoms with Crippen molar-refractivity contribution in [3.05, 3.63) is 80.9 Å². The van der Waals surface area contributed by atoms with Crippen LogP contribution in [0.1, 0.15) is 125 Å². The first kappa shape index (κ1) is 32.1. The zero-order chi connectivity index (χ0) is 33.8. The molecule has 9 rings (SSSR count). The second kappa shape index (κ2) is 13.4. The van der Waals surface area contributed by atoms with E-state index in [1.54, 1.807) is 22.4 Å². The zero-order valence-corrected chi connectivity index (χ0v) is 29.7. The molecule has 0 saturated heterocycles. The van der Waals surface area contributed by atoms with E-state index in [-0.39, 0.29) is 24.2 Å². The number of nitriles is 3. The quantitative estimate of drug-likeness (QED) is 0.325. The summed E-state index contributed by atoms with van der Waals surface area (Å²) in [6, 6.07) is 8.22. The third-order valence-electron chi connectivity index (χ3n) is 14.1. The van der Waals surface area contributed by atoms with Crippen molar-refractivity contribution in [2.45, 2.75) is 140 Å². The molecule has 1 saturated carbocycles. The van der Waals surface area contributed by atoms with Crippen LogP contribution in [-0.4, -0.2) is 21.7 Å². The van der Waals surface area contributed by atoms with Crippen LogP contribution in [0.15, 0.2) is 58.4 Å². The first-order valence-electron chi connectivity index (χ1n) is 20.1. The van der Waals surface area contributed by atoms with E-state index in [0.717, 1.165) is 95.5 Å². The lowest BCUT2D eigenvalue weighted by atomic mass is 9.74. The minimum Gasteiger partial charge on any atom is -0.355 e. The average Bonchev–Trinajstić information content (AvgIpc) is 3.70. The molecule has 2 aliphatic heterocycles. The van der Waals surface area contributed by atoms with Gasteiger partial charge >= 0.3 is 0 Å². The predicted molar refractivity (Wildman–Crippen MR) is 195 cm³/mol. The lowest BCUT2D eigenvalue weighted by Gasteiger charge is -2.46. The summed E-state index contributed by atoms with van der Waals surface area (Å²) in [4.78, 5) is 2.91. The van der Waals surface area contributed by atoms with Gasteiger partial charge in [0.25, 0.3) is 0 Å². The highest BCUT2D eigenvalue weighted by atomic mass is 15.4. The third kappa shape index (κ3) is 5.53. The summed E-state index contributed by atoms with van der Waals surface area (Å²) < 4.78 is 2.71. The Bertz CT molecular complexity index is 1780. The van der Waals surface area contributed by atoms with Crippen LogP contribution in [0.5, 0.6) is 0 Å². The maximum absolute atomic E-state index is 9.97. The molecule has 1 fully saturated rings. The van der Waals surface area contributed by atoms with Crippen LogP contribution >= 0.6 is 0 Å². The van der Waals surface area contributed by atoms with Crippen LogP contribution in [0, 0.1) is 63.6 Å². The van der Waals surface area contributed by atoms with E-state index in [4.69, 9.17) is 0 Å². The van der Waals surface area contributed by atoms with Crippen LogP contribution in [-0.2, 0) is 25.7 Å². The molecule has 0 radical (unpaired) electrons. The number of allylic oxidation sites excluding steroid dienone is 7. The molecule has 8 atom stereocenters. The zero-order valence-electron chi connectivity index (χ0n) is 29.7. The molecule has 1 aromatic heterocycles. The van der Waals surface area contributed by atoms with Crippen LogP contribution in [0.3, 0.4) is 0 Å². The fraction of sp³-hybridized carbons (Fsp3) is 0.614. The van der Waals surface area contributed by atoms with Crippen molar-refractivity contribution >= 4 is 0 Å². The minimum absolute atomic E-state index is 0.0759. The van der Waals surface area contributed by atoms with Gasteiger partial charge in [0, 0.05) is 41.0 Å². The molecule has 8 aliphatic rings. The molecule has 0 aromatic carbocycles. The summed E-state index contributed by atoms with van der Waals surface area (Å²) >= 11 is 0. The largest absolute Gasteiger partial charge is 0.355 e. The minimum atomic E-state index is 0.0759. The molecule has 6 nitrogen and oxygen atoms in total. The lowest BCUT2D eigenvalue weighted by Crippen LogP contribution is -2.54. The van der Waals surface area contributed by atoms with Crippen molar-refractivity contribution in [3.8, 4) is 18.2 Å². The monoisotopic (exact) mass is 664 g/mol. The topological polar surface area (TPSA) is 91.6 Å². The van der Waals surface area contributed by atoms with Crippen LogP contribution in [0.2, 0.25) is 0 Å². The summed E-state index contributed by atoms with van der Waals surface area (Å²) in [6.45, 7) is 0. The van der Waals surface area contributed by atoms with Gasteiger partial charge in [-0.05, 0) is 137 Å². The van der Waals surface area contributed by atoms with Crippen molar-refractivity contribution < 1.29 is 0 Å². The molecule has 8 unspecified atom stereocenters. The van der Waals surface area contributed by atoms with Gasteiger partial charge in [-0.25, -0.2) is 0 Å². The maximum atomic E-state index is 9.97. The Balaban J connectivity index is 1.11. The predicted octanol–water partition coefficient (Wildman–Crippen LogP) is 8.94. The van der Waals surface area contributed by atoms with E-state index in [0.29, 0.717) is 23.8 Å². The van der Waals surface area contributed by atoms with Crippen molar-refractivity contribution in [3.63, 3.8) is 0 Å². The lowest BCUT2D eigenvalue weighted by molar-refractivity contribution is 0.0972. The highest BCUT2D eigenvalue weighted by Gasteiger charge is 2.46. The molecular weight excluding hydrogens is 613 g/mol. The Hall–Kier alpha value is -3.79. The van der Waals surface area contributed by atoms with E-state index in [9.17, 15) is 15.8 Å². The molecular formula is C44H52N6. The molecule has 0 bridgehead atoms. The first-order chi connectivity index (χ1) is 24.6. The van der Waals surface area contributed by atoms with Crippen LogP contribution in [0.25, 0.3) is 0 Å². The molecule has 6 aliphatic carbocycles. The number of aromatic nitrogens is 1. The van der Waals surface area contributed by atoms with Crippen LogP contribution < -0.4 is 5.32 Å². The Morgan fingerprint density at radius 3 is 2.22 bits per heavy atom. The smallest absolute Gasteiger partial charge is 0.105 e. The molecule has 3 heterocycles. The van der Waals surface area contributed by atoms with E-state index in [1.165, 1.54) is 54.6 Å². The highest BCUT2D eigenvalue weighted by Crippen LogP contribution is 2.50. The van der Waals surface area contributed by atoms with Crippen LogP contribution in [0.4, 0.5) is 0 Å². The normalized spacial score (nSPS) is 34.9. The Morgan fingerprint density at radius 1 is 0.720 bits per heavy atom. The number of rotatable bonds is 4. The van der Waals surface area contributed by atoms with Gasteiger partial charge in [-0.2, -0.15) is 15.8 Å². The molecule has 50 heavy (non-hydrogen) atoms. The number of fused-ring (bicyclic) bond motifs is 5. The second-order valence-corrected chi connectivity index (χ2v) is 16.7. The summed E-state index contributed by atoms with van der Waals surface area (Å²) in [5.41, 5.74) is 13.2. The Morgan fingerprint density at radius 2 is 1.50 bits per heavy atom. The van der Waals surface area contributed by atoms with E-state index in [2.05, 4.69) is 63.4 Å². The maximum Gasteiger partial charge on any atom is 0.105 e. The molecule has 6 heteroatoms. The summed E-state index contributed by atoms with van der Waals surface area (Å²) in [5, 5.41) is 33.8. The van der Waals surface area contributed by atoms with Gasteiger partial charge in [-0.15, -0.1) is 0 Å². The summed E-state index contributed by atoms with van der Waals surface area (Å²) in [7, 11) is 0. The van der Waals surface area contributed by atoms with Crippen molar-refractivity contribution in [1.29, 1.82) is 15.8 Å². The Labute approximate surface area is 298 Å². The van der Waals surface area contributed by atoms with E-state index in [1.807, 2.05) is 0 Å². The van der Waals surface area contributed by atoms with Gasteiger partial charge in [0.2, 0.25) is 0 Å². The van der Waals surface area contributed by atoms with Crippen molar-refractivity contribution in [2.75, 3.05) is 0 Å². The average molecular weight is 665 g/mol. The van der Waals surface area contributed by atoms with E-state index < -0.39 is 0 Å². The Kier molecular flexibility index (Phi) is 8.61. The number of nitrogens with one attached hydrogen (secondary N) is 1. The molecule has 0 spiro atoms. The molecule has 258 valence electrons. The van der Waals surface area contributed by atoms with Crippen molar-refractivity contribution in [2.24, 2.45) is 29.6 Å². The van der Waals surface area contributed by atoms with Crippen molar-refractivity contribution in [1.82, 2.24) is 14.8 Å². The van der Waals surface area contributed by atoms with Gasteiger partial charge in [0.15, 0.2) is 0 Å². The number of hydrogen-bond donors (Lipinski definition) is 1. The van der Waals surface area contributed by atoms with Gasteiger partial charge < -0.3 is 9.47 Å². The fourth-order valence-electron chi connectivity index (χ4n) is 11.7. The highest BCUT2D eigenvalue weighted by molar-refractivity contribution is 5.45. The molecule has 1 aromatic rings. The van der Waals surface area contributed by atoms with Gasteiger partial charge in [0.1, 0.15) is 6.17 Å². The summed E-state index contributed by atoms with van der Waals surface area (Å²) in [6.07, 6.45) is 33.4. The van der Waals surface area contributed by atoms with Gasteiger partial charge in [-0.3, -0.25) is 5.32 Å². The number of nitrogens with zero attached hydrogens (tertiary/aromatic N) is 5. The third-order valence-corrected chi connectivity index (χ3v) is 14.1. The fourth-order valence-corrected chi connectivity index (χ4v) is 11.7. The van der Waals surface area contributed by atoms with E-state index >= 15 is 0 Å². The van der Waals surface area contributed by atoms with Gasteiger partial charge in [0.05, 0.1) is 36.2 Å². The molecule has 0 amide bonds. The van der Waals surface area contributed by atoms with Gasteiger partial charge in [-0.1, -0.05) is 48.3 Å². The number of hydrogen-bond acceptors (Lipinski definition) is 5. The SMILES string of the molecule is N#CC1=CCC(C2=CCCC(C3=CC(n4c5c(c6c4CCC(C#N)C6)CC(C#N)CC5)NC(N4C5=C(C=CCC5)C5CCCCC54)C3)C2)CC1. The second-order valence-electron chi connectivity index (χ2n) is 16.7.